The van der Waals surface area contributed by atoms with Gasteiger partial charge in [-0.1, -0.05) is 23.4 Å². The molecule has 3 heterocycles. The number of hydrogen-bond acceptors (Lipinski definition) is 7. The van der Waals surface area contributed by atoms with Crippen LogP contribution >= 0.6 is 0 Å². The summed E-state index contributed by atoms with van der Waals surface area (Å²) in [7, 11) is 3.46. The Kier molecular flexibility index (Phi) is 8.82. The minimum atomic E-state index is -0.841. The molecule has 218 valence electrons. The van der Waals surface area contributed by atoms with Gasteiger partial charge in [0.25, 0.3) is 0 Å². The molecule has 41 heavy (non-hydrogen) atoms. The molecule has 1 unspecified atom stereocenters. The minimum Gasteiger partial charge on any atom is -0.497 e. The molecule has 2 fully saturated rings. The quantitative estimate of drug-likeness (QED) is 0.385. The SMILES string of the molecule is COc1cccc(CC2C[C@@H](C(=O)NCc3ccc4c(c3)nnn4C)N(C(=O)[C@H](N)CCC(=O)N3CCCC3)C2)c1. The third-order valence-corrected chi connectivity index (χ3v) is 8.22. The molecule has 3 amide bonds. The van der Waals surface area contributed by atoms with E-state index in [1.807, 2.05) is 54.4 Å². The Labute approximate surface area is 240 Å². The van der Waals surface area contributed by atoms with Crippen LogP contribution in [0.25, 0.3) is 11.0 Å². The number of hydrogen-bond donors (Lipinski definition) is 2. The molecule has 3 aromatic rings. The van der Waals surface area contributed by atoms with Crippen LogP contribution in [0.4, 0.5) is 0 Å². The number of ether oxygens (including phenoxy) is 1. The molecule has 0 radical (unpaired) electrons. The maximum absolute atomic E-state index is 13.6. The number of nitrogens with one attached hydrogen (secondary N) is 1. The van der Waals surface area contributed by atoms with Crippen molar-refractivity contribution >= 4 is 28.8 Å². The number of likely N-dealkylation sites (tertiary alicyclic amines) is 2. The van der Waals surface area contributed by atoms with Crippen molar-refractivity contribution in [2.24, 2.45) is 18.7 Å². The summed E-state index contributed by atoms with van der Waals surface area (Å²) >= 11 is 0. The molecule has 0 aliphatic carbocycles. The Bertz CT molecular complexity index is 1400. The number of benzene rings is 2. The summed E-state index contributed by atoms with van der Waals surface area (Å²) in [5.41, 5.74) is 9.98. The maximum atomic E-state index is 13.6. The van der Waals surface area contributed by atoms with Crippen molar-refractivity contribution in [3.05, 3.63) is 53.6 Å². The van der Waals surface area contributed by atoms with Crippen molar-refractivity contribution in [2.75, 3.05) is 26.7 Å². The number of carbonyl (C=O) groups excluding carboxylic acids is 3. The van der Waals surface area contributed by atoms with Gasteiger partial charge in [0, 0.05) is 39.6 Å². The summed E-state index contributed by atoms with van der Waals surface area (Å²) in [6.45, 7) is 2.27. The summed E-state index contributed by atoms with van der Waals surface area (Å²) in [6, 6.07) is 12.1. The average molecular weight is 562 g/mol. The van der Waals surface area contributed by atoms with Crippen LogP contribution in [-0.2, 0) is 34.4 Å². The molecule has 2 aliphatic heterocycles. The van der Waals surface area contributed by atoms with Crippen LogP contribution in [0.2, 0.25) is 0 Å². The maximum Gasteiger partial charge on any atom is 0.243 e. The zero-order valence-corrected chi connectivity index (χ0v) is 23.8. The van der Waals surface area contributed by atoms with Gasteiger partial charge in [-0.2, -0.15) is 0 Å². The minimum absolute atomic E-state index is 0.0393. The standard InChI is InChI=1S/C30H39N7O4/c1-35-26-10-8-21(16-25(26)33-34-35)18-32-29(39)27-17-22(14-20-6-5-7-23(15-20)41-2)19-37(27)30(40)24(31)9-11-28(38)36-12-3-4-13-36/h5-8,10,15-16,22,24,27H,3-4,9,11-14,17-19,31H2,1-2H3,(H,32,39)/t22?,24-,27+/m1/s1. The number of fused-ring (bicyclic) bond motifs is 1. The average Bonchev–Trinajstić information content (AvgIpc) is 3.75. The van der Waals surface area contributed by atoms with Crippen molar-refractivity contribution in [1.82, 2.24) is 30.1 Å². The lowest BCUT2D eigenvalue weighted by Crippen LogP contribution is -2.51. The number of aromatic nitrogens is 3. The van der Waals surface area contributed by atoms with E-state index in [9.17, 15) is 14.4 Å². The Morgan fingerprint density at radius 3 is 2.71 bits per heavy atom. The number of amides is 3. The van der Waals surface area contributed by atoms with Gasteiger partial charge in [0.05, 0.1) is 18.7 Å². The second-order valence-corrected chi connectivity index (χ2v) is 11.2. The number of methoxy groups -OCH3 is 1. The van der Waals surface area contributed by atoms with Crippen LogP contribution in [0.3, 0.4) is 0 Å². The van der Waals surface area contributed by atoms with Gasteiger partial charge in [0.15, 0.2) is 0 Å². The second-order valence-electron chi connectivity index (χ2n) is 11.2. The smallest absolute Gasteiger partial charge is 0.243 e. The van der Waals surface area contributed by atoms with Crippen molar-refractivity contribution in [3.8, 4) is 5.75 Å². The predicted molar refractivity (Wildman–Crippen MR) is 154 cm³/mol. The Hall–Kier alpha value is -3.99. The normalized spacial score (nSPS) is 19.5. The summed E-state index contributed by atoms with van der Waals surface area (Å²) in [4.78, 5) is 43.1. The summed E-state index contributed by atoms with van der Waals surface area (Å²) < 4.78 is 7.07. The lowest BCUT2D eigenvalue weighted by atomic mass is 9.96. The Balaban J connectivity index is 1.26. The fraction of sp³-hybridized carbons (Fsp3) is 0.500. The van der Waals surface area contributed by atoms with E-state index >= 15 is 0 Å². The third-order valence-electron chi connectivity index (χ3n) is 8.22. The van der Waals surface area contributed by atoms with Crippen molar-refractivity contribution in [2.45, 2.75) is 57.2 Å². The van der Waals surface area contributed by atoms with E-state index in [-0.39, 0.29) is 36.5 Å². The first-order valence-electron chi connectivity index (χ1n) is 14.3. The van der Waals surface area contributed by atoms with Crippen LogP contribution in [0.15, 0.2) is 42.5 Å². The molecule has 1 aromatic heterocycles. The van der Waals surface area contributed by atoms with Crippen LogP contribution in [0, 0.1) is 5.92 Å². The Morgan fingerprint density at radius 1 is 1.12 bits per heavy atom. The summed E-state index contributed by atoms with van der Waals surface area (Å²) in [5.74, 6) is 0.390. The third kappa shape index (κ3) is 6.67. The fourth-order valence-corrected chi connectivity index (χ4v) is 5.94. The first-order valence-corrected chi connectivity index (χ1v) is 14.3. The van der Waals surface area contributed by atoms with Gasteiger partial charge in [-0.15, -0.1) is 5.10 Å². The van der Waals surface area contributed by atoms with Crippen molar-refractivity contribution < 1.29 is 19.1 Å². The highest BCUT2D eigenvalue weighted by Crippen LogP contribution is 2.29. The highest BCUT2D eigenvalue weighted by Gasteiger charge is 2.41. The number of carbonyl (C=O) groups is 3. The molecule has 11 nitrogen and oxygen atoms in total. The molecule has 0 bridgehead atoms. The molecule has 11 heteroatoms. The van der Waals surface area contributed by atoms with Crippen molar-refractivity contribution in [3.63, 3.8) is 0 Å². The summed E-state index contributed by atoms with van der Waals surface area (Å²) in [5, 5.41) is 11.2. The lowest BCUT2D eigenvalue weighted by Gasteiger charge is -2.27. The van der Waals surface area contributed by atoms with E-state index in [4.69, 9.17) is 10.5 Å². The fourth-order valence-electron chi connectivity index (χ4n) is 5.94. The number of nitrogens with two attached hydrogens (primary N) is 1. The first kappa shape index (κ1) is 28.5. The highest BCUT2D eigenvalue weighted by atomic mass is 16.5. The van der Waals surface area contributed by atoms with E-state index in [0.29, 0.717) is 25.9 Å². The highest BCUT2D eigenvalue weighted by molar-refractivity contribution is 5.91. The van der Waals surface area contributed by atoms with Gasteiger partial charge in [0.2, 0.25) is 17.7 Å². The van der Waals surface area contributed by atoms with E-state index in [1.54, 1.807) is 16.7 Å². The first-order chi connectivity index (χ1) is 19.8. The molecule has 3 N–H and O–H groups in total. The van der Waals surface area contributed by atoms with Gasteiger partial charge >= 0.3 is 0 Å². The monoisotopic (exact) mass is 561 g/mol. The zero-order valence-electron chi connectivity index (χ0n) is 23.8. The predicted octanol–water partition coefficient (Wildman–Crippen LogP) is 1.78. The largest absolute Gasteiger partial charge is 0.497 e. The van der Waals surface area contributed by atoms with E-state index in [2.05, 4.69) is 15.6 Å². The number of nitrogens with zero attached hydrogens (tertiary/aromatic N) is 5. The molecule has 2 saturated heterocycles. The van der Waals surface area contributed by atoms with Gasteiger partial charge in [-0.3, -0.25) is 14.4 Å². The molecule has 2 aliphatic rings. The van der Waals surface area contributed by atoms with Gasteiger partial charge in [-0.25, -0.2) is 4.68 Å². The van der Waals surface area contributed by atoms with Crippen LogP contribution < -0.4 is 15.8 Å². The van der Waals surface area contributed by atoms with Crippen molar-refractivity contribution in [1.29, 1.82) is 0 Å². The van der Waals surface area contributed by atoms with E-state index in [0.717, 1.165) is 53.8 Å². The topological polar surface area (TPSA) is 136 Å². The number of rotatable bonds is 10. The van der Waals surface area contributed by atoms with Gasteiger partial charge in [-0.05, 0) is 73.4 Å². The van der Waals surface area contributed by atoms with Gasteiger partial charge < -0.3 is 25.6 Å². The molecule has 5 rings (SSSR count). The molecular weight excluding hydrogens is 522 g/mol. The van der Waals surface area contributed by atoms with Crippen LogP contribution in [-0.4, -0.2) is 81.3 Å². The zero-order chi connectivity index (χ0) is 28.9. The van der Waals surface area contributed by atoms with Crippen LogP contribution in [0.5, 0.6) is 5.75 Å². The van der Waals surface area contributed by atoms with E-state index in [1.165, 1.54) is 0 Å². The molecule has 3 atom stereocenters. The van der Waals surface area contributed by atoms with E-state index < -0.39 is 12.1 Å². The Morgan fingerprint density at radius 2 is 1.93 bits per heavy atom. The van der Waals surface area contributed by atoms with Gasteiger partial charge in [0.1, 0.15) is 17.3 Å². The van der Waals surface area contributed by atoms with Crippen LogP contribution in [0.1, 0.15) is 43.2 Å². The number of aryl methyl sites for hydroxylation is 1. The molecular formula is C30H39N7O4. The second kappa shape index (κ2) is 12.7. The molecule has 0 spiro atoms. The molecule has 0 saturated carbocycles. The summed E-state index contributed by atoms with van der Waals surface area (Å²) in [6.07, 6.45) is 3.76. The molecule has 2 aromatic carbocycles. The lowest BCUT2D eigenvalue weighted by molar-refractivity contribution is -0.140.